The van der Waals surface area contributed by atoms with E-state index >= 15 is 0 Å². The largest absolute Gasteiger partial charge is 0.756 e. The lowest BCUT2D eigenvalue weighted by Crippen LogP contribution is -2.45. The number of nitrogens with one attached hydrogen (secondary N) is 1. The molecular weight excluding hydrogens is 1080 g/mol. The number of carbonyl (C=O) groups is 1. The number of rotatable bonds is 65. The normalized spacial score (nSPS) is 14.4. The maximum absolute atomic E-state index is 13.0. The molecule has 0 aliphatic rings. The van der Waals surface area contributed by atoms with Crippen molar-refractivity contribution in [1.29, 1.82) is 0 Å². The van der Waals surface area contributed by atoms with Gasteiger partial charge in [0.15, 0.2) is 0 Å². The summed E-state index contributed by atoms with van der Waals surface area (Å²) in [5.74, 6) is -0.211. The van der Waals surface area contributed by atoms with Crippen LogP contribution in [-0.4, -0.2) is 68.5 Å². The number of nitrogens with zero attached hydrogens (tertiary/aromatic N) is 1. The van der Waals surface area contributed by atoms with Crippen molar-refractivity contribution in [3.63, 3.8) is 0 Å². The van der Waals surface area contributed by atoms with E-state index in [1.54, 1.807) is 6.08 Å². The van der Waals surface area contributed by atoms with E-state index in [0.717, 1.165) is 89.9 Å². The summed E-state index contributed by atoms with van der Waals surface area (Å²) in [6.07, 6.45) is 99.0. The predicted molar refractivity (Wildman–Crippen MR) is 375 cm³/mol. The number of aliphatic hydroxyl groups excluding tert-OH is 1. The first-order valence-electron chi connectivity index (χ1n) is 35.9. The molecule has 0 saturated heterocycles. The molecule has 3 unspecified atom stereocenters. The van der Waals surface area contributed by atoms with Crippen molar-refractivity contribution in [3.05, 3.63) is 122 Å². The summed E-state index contributed by atoms with van der Waals surface area (Å²) in [7, 11) is 1.23. The molecule has 0 aliphatic heterocycles. The average Bonchev–Trinajstić information content (AvgIpc) is 3.70. The Morgan fingerprint density at radius 1 is 0.419 bits per heavy atom. The molecular formula is C77H137N2O6P. The summed E-state index contributed by atoms with van der Waals surface area (Å²) in [5, 5.41) is 13.9. The summed E-state index contributed by atoms with van der Waals surface area (Å²) < 4.78 is 23.4. The number of unbranched alkanes of at least 4 members (excludes halogenated alkanes) is 34. The number of likely N-dealkylation sites (N-methyl/N-ethyl adjacent to an activating group) is 1. The van der Waals surface area contributed by atoms with Gasteiger partial charge in [0.05, 0.1) is 39.9 Å². The van der Waals surface area contributed by atoms with Crippen molar-refractivity contribution in [2.75, 3.05) is 40.9 Å². The van der Waals surface area contributed by atoms with Gasteiger partial charge in [-0.15, -0.1) is 0 Å². The van der Waals surface area contributed by atoms with Gasteiger partial charge in [0.1, 0.15) is 13.2 Å². The molecule has 0 fully saturated rings. The molecule has 0 heterocycles. The van der Waals surface area contributed by atoms with Crippen LogP contribution in [-0.2, 0) is 18.4 Å². The zero-order chi connectivity index (χ0) is 62.6. The van der Waals surface area contributed by atoms with E-state index in [1.165, 1.54) is 199 Å². The highest BCUT2D eigenvalue weighted by Crippen LogP contribution is 2.38. The molecule has 0 aromatic rings. The van der Waals surface area contributed by atoms with Gasteiger partial charge in [0.2, 0.25) is 5.91 Å². The fourth-order valence-corrected chi connectivity index (χ4v) is 10.8. The number of allylic oxidation sites excluding steroid dienone is 19. The highest BCUT2D eigenvalue weighted by Gasteiger charge is 2.23. The Morgan fingerprint density at radius 2 is 0.721 bits per heavy atom. The minimum Gasteiger partial charge on any atom is -0.756 e. The highest BCUT2D eigenvalue weighted by molar-refractivity contribution is 7.45. The molecule has 0 aliphatic carbocycles. The molecule has 86 heavy (non-hydrogen) atoms. The third-order valence-corrected chi connectivity index (χ3v) is 16.6. The van der Waals surface area contributed by atoms with Gasteiger partial charge in [0, 0.05) is 6.42 Å². The van der Waals surface area contributed by atoms with Crippen LogP contribution in [0.2, 0.25) is 0 Å². The van der Waals surface area contributed by atoms with Gasteiger partial charge in [0.25, 0.3) is 7.82 Å². The second kappa shape index (κ2) is 66.3. The quantitative estimate of drug-likeness (QED) is 0.0272. The number of hydrogen-bond donors (Lipinski definition) is 2. The van der Waals surface area contributed by atoms with E-state index in [0.29, 0.717) is 17.4 Å². The molecule has 0 aromatic carbocycles. The van der Waals surface area contributed by atoms with E-state index in [4.69, 9.17) is 9.05 Å². The maximum atomic E-state index is 13.0. The lowest BCUT2D eigenvalue weighted by molar-refractivity contribution is -0.870. The smallest absolute Gasteiger partial charge is 0.268 e. The number of hydrogen-bond acceptors (Lipinski definition) is 6. The van der Waals surface area contributed by atoms with E-state index in [1.807, 2.05) is 27.2 Å². The van der Waals surface area contributed by atoms with Crippen LogP contribution in [0, 0.1) is 0 Å². The van der Waals surface area contributed by atoms with Gasteiger partial charge in [-0.1, -0.05) is 322 Å². The SMILES string of the molecule is CC/C=C\C/C=C\C/C=C\C/C=C\C/C=C\C/C=C\C/C=C\CCCCCCCCCCCCCCCCCCCC(=O)NC(COP(=O)([O-])OCC[N+](C)(C)C)C(O)/C=C/CC/C=C/CC/C=C/CCCCCCCCCCCCCCCCC. The molecule has 2 N–H and O–H groups in total. The van der Waals surface area contributed by atoms with Gasteiger partial charge in [-0.2, -0.15) is 0 Å². The first kappa shape index (κ1) is 82.9. The maximum Gasteiger partial charge on any atom is 0.268 e. The highest BCUT2D eigenvalue weighted by atomic mass is 31.2. The molecule has 0 aromatic heterocycles. The van der Waals surface area contributed by atoms with Crippen LogP contribution in [0.3, 0.4) is 0 Å². The lowest BCUT2D eigenvalue weighted by atomic mass is 10.0. The van der Waals surface area contributed by atoms with Crippen LogP contribution in [0.5, 0.6) is 0 Å². The zero-order valence-electron chi connectivity index (χ0n) is 56.7. The number of amides is 1. The Morgan fingerprint density at radius 3 is 1.08 bits per heavy atom. The first-order valence-corrected chi connectivity index (χ1v) is 37.4. The fourth-order valence-electron chi connectivity index (χ4n) is 10.1. The van der Waals surface area contributed by atoms with Gasteiger partial charge in [-0.05, 0) is 103 Å². The van der Waals surface area contributed by atoms with Gasteiger partial charge in [-0.3, -0.25) is 9.36 Å². The minimum absolute atomic E-state index is 0.0124. The van der Waals surface area contributed by atoms with Crippen molar-refractivity contribution in [1.82, 2.24) is 5.32 Å². The number of carbonyl (C=O) groups excluding carboxylic acids is 1. The monoisotopic (exact) mass is 1220 g/mol. The van der Waals surface area contributed by atoms with Crippen LogP contribution in [0.4, 0.5) is 0 Å². The predicted octanol–water partition coefficient (Wildman–Crippen LogP) is 22.6. The number of phosphoric acid groups is 1. The topological polar surface area (TPSA) is 108 Å². The Hall–Kier alpha value is -3.10. The van der Waals surface area contributed by atoms with Crippen molar-refractivity contribution in [2.45, 2.75) is 321 Å². The number of quaternary nitrogens is 1. The Labute approximate surface area is 533 Å². The van der Waals surface area contributed by atoms with E-state index in [2.05, 4.69) is 129 Å². The molecule has 0 bridgehead atoms. The lowest BCUT2D eigenvalue weighted by Gasteiger charge is -2.29. The van der Waals surface area contributed by atoms with E-state index in [9.17, 15) is 19.4 Å². The summed E-state index contributed by atoms with van der Waals surface area (Å²) in [6.45, 7) is 4.53. The van der Waals surface area contributed by atoms with Gasteiger partial charge < -0.3 is 28.8 Å². The van der Waals surface area contributed by atoms with E-state index < -0.39 is 26.6 Å². The standard InChI is InChI=1S/C77H137N2O6P/c1-6-8-10-12-14-16-18-20-22-24-26-28-30-32-33-34-35-36-37-38-39-40-41-42-43-44-45-47-49-51-53-55-57-59-61-63-65-67-69-71-77(81)78-75(74-85-86(82,83)84-73-72-79(3,4)5)76(80)70-68-66-64-62-60-58-56-54-52-50-48-46-31-29-27-25-23-21-19-17-15-13-11-9-7-2/h8,10,14,16,20,22,26,28,32-33,35-36,38-39,52,54,60,62,68,70,75-76,80H,6-7,9,11-13,15,17-19,21,23-25,27,29-31,34,37,40-51,53,55-59,61,63-67,69,71-74H2,1-5H3,(H-,78,81,82,83)/b10-8-,16-14-,22-20-,28-26-,33-32-,36-35-,39-38-,54-52+,62-60+,70-68+. The second-order valence-electron chi connectivity index (χ2n) is 25.2. The minimum atomic E-state index is -4.62. The van der Waals surface area contributed by atoms with Crippen LogP contribution < -0.4 is 10.2 Å². The third kappa shape index (κ3) is 68.4. The summed E-state index contributed by atoms with van der Waals surface area (Å²) in [5.41, 5.74) is 0. The summed E-state index contributed by atoms with van der Waals surface area (Å²) in [4.78, 5) is 25.6. The molecule has 496 valence electrons. The summed E-state index contributed by atoms with van der Waals surface area (Å²) >= 11 is 0. The molecule has 1 amide bonds. The van der Waals surface area contributed by atoms with Crippen molar-refractivity contribution >= 4 is 13.7 Å². The number of phosphoric ester groups is 1. The molecule has 9 heteroatoms. The van der Waals surface area contributed by atoms with Crippen LogP contribution in [0.15, 0.2) is 122 Å². The Bertz CT molecular complexity index is 1820. The fraction of sp³-hybridized carbons (Fsp3) is 0.727. The van der Waals surface area contributed by atoms with Gasteiger partial charge >= 0.3 is 0 Å². The molecule has 0 spiro atoms. The average molecular weight is 1220 g/mol. The molecule has 0 radical (unpaired) electrons. The van der Waals surface area contributed by atoms with E-state index in [-0.39, 0.29) is 12.5 Å². The molecule has 3 atom stereocenters. The Kier molecular flexibility index (Phi) is 63.9. The van der Waals surface area contributed by atoms with Gasteiger partial charge in [-0.25, -0.2) is 0 Å². The Balaban J connectivity index is 4.09. The van der Waals surface area contributed by atoms with Crippen LogP contribution >= 0.6 is 7.82 Å². The molecule has 0 saturated carbocycles. The molecule has 8 nitrogen and oxygen atoms in total. The van der Waals surface area contributed by atoms with Crippen molar-refractivity contribution in [2.24, 2.45) is 0 Å². The first-order chi connectivity index (χ1) is 42.0. The number of aliphatic hydroxyl groups is 1. The second-order valence-corrected chi connectivity index (χ2v) is 26.6. The third-order valence-electron chi connectivity index (χ3n) is 15.6. The van der Waals surface area contributed by atoms with Crippen LogP contribution in [0.25, 0.3) is 0 Å². The zero-order valence-corrected chi connectivity index (χ0v) is 57.6. The van der Waals surface area contributed by atoms with Crippen molar-refractivity contribution in [3.8, 4) is 0 Å². The molecule has 0 rings (SSSR count). The van der Waals surface area contributed by atoms with Crippen LogP contribution in [0.1, 0.15) is 309 Å². The van der Waals surface area contributed by atoms with Crippen molar-refractivity contribution < 1.29 is 32.9 Å². The summed E-state index contributed by atoms with van der Waals surface area (Å²) in [6, 6.07) is -0.917.